The monoisotopic (exact) mass is 488 g/mol. The molecule has 0 aliphatic rings. The fraction of sp³-hybridized carbons (Fsp3) is 0.0714. The van der Waals surface area contributed by atoms with Crippen LogP contribution in [0.15, 0.2) is 87.0 Å². The molecular formula is C28H24O8. The van der Waals surface area contributed by atoms with Crippen LogP contribution in [0.5, 0.6) is 23.0 Å². The lowest BCUT2D eigenvalue weighted by Gasteiger charge is -2.16. The predicted molar refractivity (Wildman–Crippen MR) is 134 cm³/mol. The average molecular weight is 488 g/mol. The lowest BCUT2D eigenvalue weighted by molar-refractivity contribution is -0.131. The fourth-order valence-corrected chi connectivity index (χ4v) is 2.89. The largest absolute Gasteiger partial charge is 0.423 e. The quantitative estimate of drug-likeness (QED) is 0.199. The predicted octanol–water partition coefficient (Wildman–Crippen LogP) is 5.00. The van der Waals surface area contributed by atoms with Gasteiger partial charge in [0.05, 0.1) is 0 Å². The van der Waals surface area contributed by atoms with E-state index in [2.05, 4.69) is 26.3 Å². The Kier molecular flexibility index (Phi) is 9.45. The maximum absolute atomic E-state index is 11.9. The van der Waals surface area contributed by atoms with E-state index in [1.54, 1.807) is 26.0 Å². The highest BCUT2D eigenvalue weighted by molar-refractivity contribution is 5.93. The van der Waals surface area contributed by atoms with E-state index >= 15 is 0 Å². The van der Waals surface area contributed by atoms with Crippen molar-refractivity contribution in [2.24, 2.45) is 0 Å². The minimum absolute atomic E-state index is 0.00950. The topological polar surface area (TPSA) is 105 Å². The van der Waals surface area contributed by atoms with Crippen molar-refractivity contribution in [1.29, 1.82) is 0 Å². The van der Waals surface area contributed by atoms with Crippen molar-refractivity contribution < 1.29 is 38.1 Å². The highest BCUT2D eigenvalue weighted by atomic mass is 16.6. The lowest BCUT2D eigenvalue weighted by atomic mass is 9.96. The third kappa shape index (κ3) is 7.01. The average Bonchev–Trinajstić information content (AvgIpc) is 2.88. The Labute approximate surface area is 208 Å². The van der Waals surface area contributed by atoms with Crippen LogP contribution in [-0.4, -0.2) is 23.9 Å². The standard InChI is InChI=1S/C28H24O8/c1-7-25(29)33-20-12-13-21(23(16-20)35-27(31)9-3)18(6)17(5)19-11-14-22(34-26(30)8-2)24(15-19)36-28(32)10-4/h7-16H,1-4H2,5-6H3. The molecule has 0 atom stereocenters. The molecule has 0 amide bonds. The highest BCUT2D eigenvalue weighted by Crippen LogP contribution is 2.37. The van der Waals surface area contributed by atoms with E-state index in [4.69, 9.17) is 18.9 Å². The van der Waals surface area contributed by atoms with Crippen molar-refractivity contribution in [3.8, 4) is 23.0 Å². The fourth-order valence-electron chi connectivity index (χ4n) is 2.89. The zero-order valence-electron chi connectivity index (χ0n) is 19.9. The van der Waals surface area contributed by atoms with Gasteiger partial charge < -0.3 is 18.9 Å². The summed E-state index contributed by atoms with van der Waals surface area (Å²) in [5, 5.41) is 0. The summed E-state index contributed by atoms with van der Waals surface area (Å²) in [4.78, 5) is 47.0. The van der Waals surface area contributed by atoms with Crippen molar-refractivity contribution in [3.63, 3.8) is 0 Å². The first-order valence-corrected chi connectivity index (χ1v) is 10.5. The van der Waals surface area contributed by atoms with E-state index in [9.17, 15) is 19.2 Å². The molecule has 8 heteroatoms. The number of benzene rings is 2. The molecule has 0 saturated carbocycles. The molecule has 0 heterocycles. The van der Waals surface area contributed by atoms with Gasteiger partial charge in [0.25, 0.3) is 0 Å². The normalized spacial score (nSPS) is 10.7. The van der Waals surface area contributed by atoms with Gasteiger partial charge in [-0.1, -0.05) is 32.4 Å². The van der Waals surface area contributed by atoms with E-state index in [-0.39, 0.29) is 23.0 Å². The van der Waals surface area contributed by atoms with Crippen LogP contribution in [-0.2, 0) is 19.2 Å². The number of carbonyl (C=O) groups excluding carboxylic acids is 4. The Hall–Kier alpha value is -4.98. The summed E-state index contributed by atoms with van der Waals surface area (Å²) in [5.74, 6) is -2.58. The summed E-state index contributed by atoms with van der Waals surface area (Å²) >= 11 is 0. The number of carbonyl (C=O) groups is 4. The summed E-state index contributed by atoms with van der Waals surface area (Å²) in [6.07, 6.45) is 3.96. The Balaban J connectivity index is 2.60. The Morgan fingerprint density at radius 2 is 1.08 bits per heavy atom. The van der Waals surface area contributed by atoms with Crippen molar-refractivity contribution in [1.82, 2.24) is 0 Å². The molecule has 0 aromatic heterocycles. The van der Waals surface area contributed by atoms with Crippen LogP contribution < -0.4 is 18.9 Å². The van der Waals surface area contributed by atoms with Crippen LogP contribution in [0.25, 0.3) is 11.1 Å². The second-order valence-corrected chi connectivity index (χ2v) is 7.07. The molecule has 2 rings (SSSR count). The first kappa shape index (κ1) is 27.3. The summed E-state index contributed by atoms with van der Waals surface area (Å²) in [6.45, 7) is 17.0. The summed E-state index contributed by atoms with van der Waals surface area (Å²) in [6, 6.07) is 9.19. The molecule has 36 heavy (non-hydrogen) atoms. The van der Waals surface area contributed by atoms with Crippen LogP contribution in [0, 0.1) is 0 Å². The molecule has 0 aliphatic heterocycles. The second-order valence-electron chi connectivity index (χ2n) is 7.07. The van der Waals surface area contributed by atoms with E-state index in [0.717, 1.165) is 24.3 Å². The zero-order valence-corrected chi connectivity index (χ0v) is 19.9. The molecule has 0 N–H and O–H groups in total. The summed E-state index contributed by atoms with van der Waals surface area (Å²) in [7, 11) is 0. The number of esters is 4. The molecule has 0 spiro atoms. The van der Waals surface area contributed by atoms with Gasteiger partial charge in [-0.05, 0) is 54.8 Å². The van der Waals surface area contributed by atoms with Gasteiger partial charge in [-0.15, -0.1) is 0 Å². The summed E-state index contributed by atoms with van der Waals surface area (Å²) < 4.78 is 20.9. The Morgan fingerprint density at radius 3 is 1.64 bits per heavy atom. The molecule has 2 aromatic carbocycles. The third-order valence-corrected chi connectivity index (χ3v) is 4.81. The van der Waals surface area contributed by atoms with Crippen LogP contribution in [0.4, 0.5) is 0 Å². The second kappa shape index (κ2) is 12.5. The third-order valence-electron chi connectivity index (χ3n) is 4.81. The molecule has 0 aliphatic carbocycles. The van der Waals surface area contributed by atoms with Crippen molar-refractivity contribution in [2.45, 2.75) is 13.8 Å². The van der Waals surface area contributed by atoms with Gasteiger partial charge in [0, 0.05) is 35.9 Å². The molecule has 0 fully saturated rings. The zero-order chi connectivity index (χ0) is 26.8. The highest BCUT2D eigenvalue weighted by Gasteiger charge is 2.17. The minimum Gasteiger partial charge on any atom is -0.423 e. The Morgan fingerprint density at radius 1 is 0.583 bits per heavy atom. The summed E-state index contributed by atoms with van der Waals surface area (Å²) in [5.41, 5.74) is 2.52. The van der Waals surface area contributed by atoms with Gasteiger partial charge >= 0.3 is 23.9 Å². The molecular weight excluding hydrogens is 464 g/mol. The number of ether oxygens (including phenoxy) is 4. The van der Waals surface area contributed by atoms with Crippen molar-refractivity contribution >= 4 is 35.0 Å². The molecule has 0 saturated heterocycles. The molecule has 0 unspecified atom stereocenters. The Bertz CT molecular complexity index is 1300. The molecule has 8 nitrogen and oxygen atoms in total. The van der Waals surface area contributed by atoms with Crippen LogP contribution in [0.3, 0.4) is 0 Å². The number of allylic oxidation sites excluding steroid dienone is 2. The van der Waals surface area contributed by atoms with E-state index in [1.807, 2.05) is 0 Å². The smallest absolute Gasteiger partial charge is 0.335 e. The van der Waals surface area contributed by atoms with Crippen LogP contribution >= 0.6 is 0 Å². The minimum atomic E-state index is -0.746. The molecule has 0 radical (unpaired) electrons. The van der Waals surface area contributed by atoms with Crippen molar-refractivity contribution in [3.05, 3.63) is 98.1 Å². The van der Waals surface area contributed by atoms with Crippen LogP contribution in [0.2, 0.25) is 0 Å². The van der Waals surface area contributed by atoms with Gasteiger partial charge in [-0.2, -0.15) is 0 Å². The van der Waals surface area contributed by atoms with Crippen molar-refractivity contribution in [2.75, 3.05) is 0 Å². The van der Waals surface area contributed by atoms with Gasteiger partial charge in [0.1, 0.15) is 11.5 Å². The number of rotatable bonds is 10. The van der Waals surface area contributed by atoms with Gasteiger partial charge in [-0.3, -0.25) is 0 Å². The van der Waals surface area contributed by atoms with E-state index < -0.39 is 23.9 Å². The van der Waals surface area contributed by atoms with E-state index in [0.29, 0.717) is 22.3 Å². The molecule has 184 valence electrons. The number of hydrogen-bond acceptors (Lipinski definition) is 8. The van der Waals surface area contributed by atoms with Crippen LogP contribution in [0.1, 0.15) is 25.0 Å². The maximum atomic E-state index is 11.9. The first-order chi connectivity index (χ1) is 17.1. The van der Waals surface area contributed by atoms with Gasteiger partial charge in [-0.25, -0.2) is 19.2 Å². The SMILES string of the molecule is C=CC(=O)Oc1ccc(C(C)=C(C)c2ccc(OC(=O)C=C)c(OC(=O)C=C)c2)c(OC(=O)C=C)c1. The van der Waals surface area contributed by atoms with Gasteiger partial charge in [0.2, 0.25) is 0 Å². The van der Waals surface area contributed by atoms with Gasteiger partial charge in [0.15, 0.2) is 11.5 Å². The maximum Gasteiger partial charge on any atom is 0.335 e. The van der Waals surface area contributed by atoms with E-state index in [1.165, 1.54) is 24.3 Å². The lowest BCUT2D eigenvalue weighted by Crippen LogP contribution is -2.09. The number of hydrogen-bond donors (Lipinski definition) is 0. The molecule has 2 aromatic rings. The molecule has 0 bridgehead atoms. The first-order valence-electron chi connectivity index (χ1n) is 10.5.